The van der Waals surface area contributed by atoms with E-state index in [0.29, 0.717) is 29.3 Å². The van der Waals surface area contributed by atoms with Gasteiger partial charge in [0.05, 0.1) is 11.8 Å². The first-order valence-electron chi connectivity index (χ1n) is 9.03. The molecule has 7 heteroatoms. The maximum absolute atomic E-state index is 13.1. The predicted octanol–water partition coefficient (Wildman–Crippen LogP) is 3.32. The molecule has 1 N–H and O–H groups in total. The van der Waals surface area contributed by atoms with Gasteiger partial charge in [0.25, 0.3) is 5.91 Å². The van der Waals surface area contributed by atoms with Crippen LogP contribution in [0, 0.1) is 5.82 Å². The van der Waals surface area contributed by atoms with Gasteiger partial charge >= 0.3 is 0 Å². The molecule has 0 spiro atoms. The fourth-order valence-electron chi connectivity index (χ4n) is 3.04. The molecule has 1 saturated heterocycles. The molecule has 1 aromatic carbocycles. The summed E-state index contributed by atoms with van der Waals surface area (Å²) in [5.74, 6) is 0.00799. The van der Waals surface area contributed by atoms with Gasteiger partial charge in [-0.05, 0) is 50.1 Å². The van der Waals surface area contributed by atoms with Crippen LogP contribution < -0.4 is 10.1 Å². The second kappa shape index (κ2) is 9.15. The number of carbonyl (C=O) groups excluding carboxylic acids is 1. The minimum atomic E-state index is -0.375. The van der Waals surface area contributed by atoms with Crippen molar-refractivity contribution in [1.29, 1.82) is 0 Å². The Morgan fingerprint density at radius 3 is 2.85 bits per heavy atom. The van der Waals surface area contributed by atoms with Crippen molar-refractivity contribution in [2.75, 3.05) is 26.7 Å². The second-order valence-corrected chi connectivity index (χ2v) is 7.18. The van der Waals surface area contributed by atoms with E-state index in [9.17, 15) is 9.18 Å². The van der Waals surface area contributed by atoms with Gasteiger partial charge in [-0.25, -0.2) is 4.39 Å². The van der Waals surface area contributed by atoms with Crippen molar-refractivity contribution < 1.29 is 13.9 Å². The molecule has 27 heavy (non-hydrogen) atoms. The number of nitrogens with one attached hydrogen (secondary N) is 1. The highest BCUT2D eigenvalue weighted by Crippen LogP contribution is 2.19. The van der Waals surface area contributed by atoms with Gasteiger partial charge in [-0.1, -0.05) is 17.7 Å². The Kier molecular flexibility index (Phi) is 6.63. The zero-order valence-electron chi connectivity index (χ0n) is 15.3. The van der Waals surface area contributed by atoms with Crippen LogP contribution in [0.2, 0.25) is 5.02 Å². The molecule has 3 rings (SSSR count). The van der Waals surface area contributed by atoms with E-state index in [1.807, 2.05) is 0 Å². The van der Waals surface area contributed by atoms with Gasteiger partial charge in [-0.3, -0.25) is 9.78 Å². The van der Waals surface area contributed by atoms with Gasteiger partial charge in [-0.15, -0.1) is 0 Å². The third-order valence-corrected chi connectivity index (χ3v) is 4.99. The SMILES string of the molecule is CN1CCC(Oc2cncc(C(=O)NCCc3ccc(F)cc3Cl)c2)CC1. The highest BCUT2D eigenvalue weighted by molar-refractivity contribution is 6.31. The number of hydrogen-bond donors (Lipinski definition) is 1. The Morgan fingerprint density at radius 1 is 1.33 bits per heavy atom. The largest absolute Gasteiger partial charge is 0.489 e. The summed E-state index contributed by atoms with van der Waals surface area (Å²) in [5, 5.41) is 3.19. The molecular weight excluding hydrogens is 369 g/mol. The molecular formula is C20H23ClFN3O2. The van der Waals surface area contributed by atoms with Crippen molar-refractivity contribution in [3.05, 3.63) is 58.6 Å². The number of likely N-dealkylation sites (tertiary alicyclic amines) is 1. The summed E-state index contributed by atoms with van der Waals surface area (Å²) in [6, 6.07) is 5.97. The average molecular weight is 392 g/mol. The standard InChI is InChI=1S/C20H23ClFN3O2/c1-25-8-5-17(6-9-25)27-18-10-15(12-23-13-18)20(26)24-7-4-14-2-3-16(22)11-19(14)21/h2-3,10-13,17H,4-9H2,1H3,(H,24,26). The lowest BCUT2D eigenvalue weighted by molar-refractivity contribution is 0.0950. The molecule has 1 amide bonds. The molecule has 144 valence electrons. The van der Waals surface area contributed by atoms with E-state index < -0.39 is 0 Å². The van der Waals surface area contributed by atoms with E-state index in [1.54, 1.807) is 18.3 Å². The minimum Gasteiger partial charge on any atom is -0.489 e. The fraction of sp³-hybridized carbons (Fsp3) is 0.400. The average Bonchev–Trinajstić information content (AvgIpc) is 2.65. The van der Waals surface area contributed by atoms with Gasteiger partial charge in [0.1, 0.15) is 17.7 Å². The van der Waals surface area contributed by atoms with E-state index in [1.165, 1.54) is 18.3 Å². The topological polar surface area (TPSA) is 54.5 Å². The highest BCUT2D eigenvalue weighted by Gasteiger charge is 2.18. The lowest BCUT2D eigenvalue weighted by atomic mass is 10.1. The molecule has 2 heterocycles. The van der Waals surface area contributed by atoms with Crippen molar-refractivity contribution in [3.63, 3.8) is 0 Å². The number of rotatable bonds is 6. The van der Waals surface area contributed by atoms with Crippen LogP contribution >= 0.6 is 11.6 Å². The Bertz CT molecular complexity index is 795. The first-order valence-corrected chi connectivity index (χ1v) is 9.41. The van der Waals surface area contributed by atoms with E-state index in [0.717, 1.165) is 31.5 Å². The summed E-state index contributed by atoms with van der Waals surface area (Å²) in [5.41, 5.74) is 1.24. The second-order valence-electron chi connectivity index (χ2n) is 6.77. The maximum Gasteiger partial charge on any atom is 0.252 e. The van der Waals surface area contributed by atoms with Crippen LogP contribution in [0.4, 0.5) is 4.39 Å². The number of benzene rings is 1. The molecule has 5 nitrogen and oxygen atoms in total. The molecule has 0 saturated carbocycles. The third kappa shape index (κ3) is 5.65. The summed E-state index contributed by atoms with van der Waals surface area (Å²) >= 11 is 6.00. The molecule has 1 aliphatic rings. The number of halogens is 2. The summed E-state index contributed by atoms with van der Waals surface area (Å²) in [6.07, 6.45) is 5.75. The Hall–Kier alpha value is -2.18. The Labute approximate surface area is 163 Å². The van der Waals surface area contributed by atoms with Crippen LogP contribution in [-0.4, -0.2) is 48.6 Å². The number of nitrogens with zero attached hydrogens (tertiary/aromatic N) is 2. The van der Waals surface area contributed by atoms with Crippen LogP contribution in [0.5, 0.6) is 5.75 Å². The molecule has 0 unspecified atom stereocenters. The van der Waals surface area contributed by atoms with Crippen molar-refractivity contribution in [3.8, 4) is 5.75 Å². The molecule has 1 aliphatic heterocycles. The van der Waals surface area contributed by atoms with Crippen LogP contribution in [0.3, 0.4) is 0 Å². The molecule has 2 aromatic rings. The van der Waals surface area contributed by atoms with Gasteiger partial charge in [-0.2, -0.15) is 0 Å². The molecule has 0 radical (unpaired) electrons. The van der Waals surface area contributed by atoms with Crippen molar-refractivity contribution in [1.82, 2.24) is 15.2 Å². The lowest BCUT2D eigenvalue weighted by Gasteiger charge is -2.29. The van der Waals surface area contributed by atoms with Gasteiger partial charge < -0.3 is 15.0 Å². The summed E-state index contributed by atoms with van der Waals surface area (Å²) in [6.45, 7) is 2.40. The van der Waals surface area contributed by atoms with Crippen LogP contribution in [0.25, 0.3) is 0 Å². The Morgan fingerprint density at radius 2 is 2.11 bits per heavy atom. The smallest absolute Gasteiger partial charge is 0.252 e. The predicted molar refractivity (Wildman–Crippen MR) is 103 cm³/mol. The Balaban J connectivity index is 1.52. The summed E-state index contributed by atoms with van der Waals surface area (Å²) in [7, 11) is 2.10. The van der Waals surface area contributed by atoms with E-state index in [2.05, 4.69) is 22.2 Å². The number of aromatic nitrogens is 1. The summed E-state index contributed by atoms with van der Waals surface area (Å²) in [4.78, 5) is 18.7. The maximum atomic E-state index is 13.1. The first kappa shape index (κ1) is 19.6. The van der Waals surface area contributed by atoms with Gasteiger partial charge in [0.15, 0.2) is 0 Å². The monoisotopic (exact) mass is 391 g/mol. The zero-order chi connectivity index (χ0) is 19.2. The lowest BCUT2D eigenvalue weighted by Crippen LogP contribution is -2.35. The van der Waals surface area contributed by atoms with Crippen LogP contribution in [0.1, 0.15) is 28.8 Å². The quantitative estimate of drug-likeness (QED) is 0.820. The van der Waals surface area contributed by atoms with E-state index in [4.69, 9.17) is 16.3 Å². The molecule has 1 aromatic heterocycles. The highest BCUT2D eigenvalue weighted by atomic mass is 35.5. The first-order chi connectivity index (χ1) is 13.0. The summed E-state index contributed by atoms with van der Waals surface area (Å²) < 4.78 is 19.0. The number of carbonyl (C=O) groups is 1. The molecule has 0 atom stereocenters. The van der Waals surface area contributed by atoms with Crippen molar-refractivity contribution in [2.24, 2.45) is 0 Å². The van der Waals surface area contributed by atoms with E-state index in [-0.39, 0.29) is 17.8 Å². The zero-order valence-corrected chi connectivity index (χ0v) is 16.0. The van der Waals surface area contributed by atoms with E-state index >= 15 is 0 Å². The third-order valence-electron chi connectivity index (χ3n) is 4.64. The van der Waals surface area contributed by atoms with Crippen molar-refractivity contribution >= 4 is 17.5 Å². The number of pyridine rings is 1. The van der Waals surface area contributed by atoms with Crippen molar-refractivity contribution in [2.45, 2.75) is 25.4 Å². The number of hydrogen-bond acceptors (Lipinski definition) is 4. The number of ether oxygens (including phenoxy) is 1. The van der Waals surface area contributed by atoms with Gasteiger partial charge in [0.2, 0.25) is 0 Å². The number of amides is 1. The van der Waals surface area contributed by atoms with Crippen LogP contribution in [0.15, 0.2) is 36.7 Å². The molecule has 1 fully saturated rings. The van der Waals surface area contributed by atoms with Gasteiger partial charge in [0, 0.05) is 30.9 Å². The normalized spacial score (nSPS) is 15.5. The minimum absolute atomic E-state index is 0.155. The fourth-order valence-corrected chi connectivity index (χ4v) is 3.30. The number of piperidine rings is 1. The molecule has 0 aliphatic carbocycles. The molecule has 0 bridgehead atoms. The van der Waals surface area contributed by atoms with Crippen LogP contribution in [-0.2, 0) is 6.42 Å².